The SMILES string of the molecule is CN1CCC(NC2COC(CNC(=O)c3cccs3)C2O)CC1. The second-order valence-corrected chi connectivity index (χ2v) is 7.35. The van der Waals surface area contributed by atoms with Crippen LogP contribution in [0.1, 0.15) is 22.5 Å². The molecule has 1 aromatic heterocycles. The number of piperidine rings is 1. The Labute approximate surface area is 140 Å². The topological polar surface area (TPSA) is 73.8 Å². The minimum Gasteiger partial charge on any atom is -0.389 e. The summed E-state index contributed by atoms with van der Waals surface area (Å²) in [6, 6.07) is 4.03. The number of thiophene rings is 1. The van der Waals surface area contributed by atoms with Crippen LogP contribution in [0.4, 0.5) is 0 Å². The molecule has 0 aliphatic carbocycles. The maximum Gasteiger partial charge on any atom is 0.261 e. The smallest absolute Gasteiger partial charge is 0.261 e. The Bertz CT molecular complexity index is 503. The molecule has 3 N–H and O–H groups in total. The Hall–Kier alpha value is -0.990. The molecule has 128 valence electrons. The van der Waals surface area contributed by atoms with Crippen molar-refractivity contribution in [3.63, 3.8) is 0 Å². The van der Waals surface area contributed by atoms with Crippen molar-refractivity contribution in [2.75, 3.05) is 33.3 Å². The molecule has 2 aliphatic rings. The van der Waals surface area contributed by atoms with Crippen LogP contribution in [0, 0.1) is 0 Å². The molecular formula is C16H25N3O3S. The van der Waals surface area contributed by atoms with Gasteiger partial charge in [0, 0.05) is 12.6 Å². The van der Waals surface area contributed by atoms with Gasteiger partial charge in [0.25, 0.3) is 5.91 Å². The van der Waals surface area contributed by atoms with E-state index in [0.717, 1.165) is 25.9 Å². The van der Waals surface area contributed by atoms with E-state index in [-0.39, 0.29) is 18.1 Å². The number of hydrogen-bond acceptors (Lipinski definition) is 6. The molecule has 0 radical (unpaired) electrons. The average molecular weight is 339 g/mol. The molecule has 7 heteroatoms. The molecule has 2 saturated heterocycles. The summed E-state index contributed by atoms with van der Waals surface area (Å²) in [6.07, 6.45) is 1.26. The highest BCUT2D eigenvalue weighted by Crippen LogP contribution is 2.17. The van der Waals surface area contributed by atoms with Gasteiger partial charge in [0.05, 0.1) is 23.6 Å². The second-order valence-electron chi connectivity index (χ2n) is 6.40. The molecule has 3 rings (SSSR count). The normalized spacial score (nSPS) is 29.7. The van der Waals surface area contributed by atoms with Gasteiger partial charge >= 0.3 is 0 Å². The average Bonchev–Trinajstić information content (AvgIpc) is 3.19. The van der Waals surface area contributed by atoms with Gasteiger partial charge in [0.2, 0.25) is 0 Å². The molecule has 0 saturated carbocycles. The van der Waals surface area contributed by atoms with Crippen molar-refractivity contribution in [3.8, 4) is 0 Å². The van der Waals surface area contributed by atoms with Crippen LogP contribution < -0.4 is 10.6 Å². The van der Waals surface area contributed by atoms with E-state index >= 15 is 0 Å². The van der Waals surface area contributed by atoms with Gasteiger partial charge in [-0.3, -0.25) is 4.79 Å². The number of amides is 1. The zero-order valence-corrected chi connectivity index (χ0v) is 14.2. The zero-order valence-electron chi connectivity index (χ0n) is 13.4. The first kappa shape index (κ1) is 16.9. The molecule has 2 aliphatic heterocycles. The summed E-state index contributed by atoms with van der Waals surface area (Å²) in [6.45, 7) is 3.00. The highest BCUT2D eigenvalue weighted by Gasteiger charge is 2.37. The Morgan fingerprint density at radius 3 is 2.96 bits per heavy atom. The lowest BCUT2D eigenvalue weighted by molar-refractivity contribution is 0.0393. The van der Waals surface area contributed by atoms with Gasteiger partial charge in [-0.2, -0.15) is 0 Å². The number of ether oxygens (including phenoxy) is 1. The number of hydrogen-bond donors (Lipinski definition) is 3. The van der Waals surface area contributed by atoms with Crippen LogP contribution in [0.15, 0.2) is 17.5 Å². The quantitative estimate of drug-likeness (QED) is 0.719. The summed E-state index contributed by atoms with van der Waals surface area (Å²) in [4.78, 5) is 14.9. The third-order valence-corrected chi connectivity index (χ3v) is 5.53. The first-order valence-corrected chi connectivity index (χ1v) is 9.07. The van der Waals surface area contributed by atoms with Crippen molar-refractivity contribution in [2.45, 2.75) is 37.1 Å². The van der Waals surface area contributed by atoms with E-state index in [9.17, 15) is 9.90 Å². The lowest BCUT2D eigenvalue weighted by Gasteiger charge is -2.32. The molecule has 3 atom stereocenters. The van der Waals surface area contributed by atoms with E-state index in [2.05, 4.69) is 22.6 Å². The third kappa shape index (κ3) is 4.30. The second kappa shape index (κ2) is 7.72. The zero-order chi connectivity index (χ0) is 16.2. The van der Waals surface area contributed by atoms with E-state index in [1.807, 2.05) is 11.4 Å². The first-order chi connectivity index (χ1) is 11.1. The summed E-state index contributed by atoms with van der Waals surface area (Å²) in [5.74, 6) is -0.109. The molecule has 23 heavy (non-hydrogen) atoms. The largest absolute Gasteiger partial charge is 0.389 e. The maximum absolute atomic E-state index is 11.9. The summed E-state index contributed by atoms with van der Waals surface area (Å²) in [5.41, 5.74) is 0. The van der Waals surface area contributed by atoms with Crippen LogP contribution in [0.25, 0.3) is 0 Å². The van der Waals surface area contributed by atoms with Crippen LogP contribution in [-0.2, 0) is 4.74 Å². The van der Waals surface area contributed by atoms with Crippen molar-refractivity contribution in [1.29, 1.82) is 0 Å². The molecule has 0 spiro atoms. The van der Waals surface area contributed by atoms with Crippen molar-refractivity contribution in [2.24, 2.45) is 0 Å². The van der Waals surface area contributed by atoms with Crippen molar-refractivity contribution in [1.82, 2.24) is 15.5 Å². The van der Waals surface area contributed by atoms with E-state index in [1.165, 1.54) is 11.3 Å². The molecule has 3 heterocycles. The van der Waals surface area contributed by atoms with Gasteiger partial charge in [-0.15, -0.1) is 11.3 Å². The van der Waals surface area contributed by atoms with Crippen LogP contribution in [0.2, 0.25) is 0 Å². The summed E-state index contributed by atoms with van der Waals surface area (Å²) in [5, 5.41) is 18.7. The Balaban J connectivity index is 1.43. The predicted octanol–water partition coefficient (Wildman–Crippen LogP) is 0.290. The highest BCUT2D eigenvalue weighted by molar-refractivity contribution is 7.12. The van der Waals surface area contributed by atoms with Crippen molar-refractivity contribution >= 4 is 17.2 Å². The van der Waals surface area contributed by atoms with Gasteiger partial charge < -0.3 is 25.4 Å². The fraction of sp³-hybridized carbons (Fsp3) is 0.688. The van der Waals surface area contributed by atoms with Crippen LogP contribution >= 0.6 is 11.3 Å². The number of nitrogens with one attached hydrogen (secondary N) is 2. The molecule has 3 unspecified atom stereocenters. The Morgan fingerprint density at radius 2 is 2.26 bits per heavy atom. The molecule has 0 aromatic carbocycles. The number of aliphatic hydroxyl groups excluding tert-OH is 1. The first-order valence-electron chi connectivity index (χ1n) is 8.19. The highest BCUT2D eigenvalue weighted by atomic mass is 32.1. The molecular weight excluding hydrogens is 314 g/mol. The van der Waals surface area contributed by atoms with E-state index in [1.54, 1.807) is 6.07 Å². The van der Waals surface area contributed by atoms with Crippen LogP contribution in [0.3, 0.4) is 0 Å². The van der Waals surface area contributed by atoms with Gasteiger partial charge in [0.1, 0.15) is 6.10 Å². The molecule has 1 aromatic rings. The number of likely N-dealkylation sites (tertiary alicyclic amines) is 1. The van der Waals surface area contributed by atoms with Crippen molar-refractivity contribution < 1.29 is 14.6 Å². The molecule has 6 nitrogen and oxygen atoms in total. The summed E-state index contributed by atoms with van der Waals surface area (Å²) < 4.78 is 5.67. The standard InChI is InChI=1S/C16H25N3O3S/c1-19-6-4-11(5-7-19)18-12-10-22-13(15(12)20)9-17-16(21)14-3-2-8-23-14/h2-3,8,11-13,15,18,20H,4-7,9-10H2,1H3,(H,17,21). The Kier molecular flexibility index (Phi) is 5.66. The number of rotatable bonds is 5. The van der Waals surface area contributed by atoms with Gasteiger partial charge in [-0.1, -0.05) is 6.07 Å². The van der Waals surface area contributed by atoms with Crippen molar-refractivity contribution in [3.05, 3.63) is 22.4 Å². The fourth-order valence-corrected chi connectivity index (χ4v) is 3.82. The lowest BCUT2D eigenvalue weighted by Crippen LogP contribution is -2.51. The number of aliphatic hydroxyl groups is 1. The summed E-state index contributed by atoms with van der Waals surface area (Å²) >= 11 is 1.41. The lowest BCUT2D eigenvalue weighted by atomic mass is 10.0. The minimum atomic E-state index is -0.585. The monoisotopic (exact) mass is 339 g/mol. The van der Waals surface area contributed by atoms with E-state index in [0.29, 0.717) is 24.1 Å². The van der Waals surface area contributed by atoms with Crippen LogP contribution in [0.5, 0.6) is 0 Å². The van der Waals surface area contributed by atoms with E-state index in [4.69, 9.17) is 4.74 Å². The van der Waals surface area contributed by atoms with E-state index < -0.39 is 6.10 Å². The fourth-order valence-electron chi connectivity index (χ4n) is 3.18. The maximum atomic E-state index is 11.9. The minimum absolute atomic E-state index is 0.0490. The summed E-state index contributed by atoms with van der Waals surface area (Å²) in [7, 11) is 2.13. The number of carbonyl (C=O) groups is 1. The third-order valence-electron chi connectivity index (χ3n) is 4.66. The predicted molar refractivity (Wildman–Crippen MR) is 89.8 cm³/mol. The van der Waals surface area contributed by atoms with Crippen LogP contribution in [-0.4, -0.2) is 73.5 Å². The van der Waals surface area contributed by atoms with Gasteiger partial charge in [-0.05, 0) is 44.4 Å². The van der Waals surface area contributed by atoms with Gasteiger partial charge in [-0.25, -0.2) is 0 Å². The number of carbonyl (C=O) groups excluding carboxylic acids is 1. The molecule has 1 amide bonds. The van der Waals surface area contributed by atoms with Gasteiger partial charge in [0.15, 0.2) is 0 Å². The molecule has 0 bridgehead atoms. The molecule has 2 fully saturated rings. The Morgan fingerprint density at radius 1 is 1.48 bits per heavy atom. The number of nitrogens with zero attached hydrogens (tertiary/aromatic N) is 1.